The van der Waals surface area contributed by atoms with Gasteiger partial charge in [-0.2, -0.15) is 0 Å². The second-order valence-electron chi connectivity index (χ2n) is 6.23. The second-order valence-corrected chi connectivity index (χ2v) is 7.84. The van der Waals surface area contributed by atoms with E-state index in [1.807, 2.05) is 5.32 Å². The number of likely N-dealkylation sites (tertiary alicyclic amines) is 1. The van der Waals surface area contributed by atoms with Crippen LogP contribution in [0.25, 0.3) is 0 Å². The van der Waals surface area contributed by atoms with E-state index in [0.29, 0.717) is 10.2 Å². The van der Waals surface area contributed by atoms with E-state index in [9.17, 15) is 14.4 Å². The number of ether oxygens (including phenoxy) is 1. The summed E-state index contributed by atoms with van der Waals surface area (Å²) < 4.78 is 5.84. The molecule has 0 bridgehead atoms. The first-order chi connectivity index (χ1) is 11.2. The van der Waals surface area contributed by atoms with Crippen molar-refractivity contribution < 1.29 is 19.1 Å². The quantitative estimate of drug-likeness (QED) is 0.554. The van der Waals surface area contributed by atoms with Crippen molar-refractivity contribution in [1.82, 2.24) is 10.2 Å². The minimum Gasteiger partial charge on any atom is -0.451 e. The lowest BCUT2D eigenvalue weighted by atomic mass is 10.00. The zero-order chi connectivity index (χ0) is 18.3. The number of piperidine rings is 1. The number of carbonyl (C=O) groups excluding carboxylic acids is 3. The van der Waals surface area contributed by atoms with Gasteiger partial charge in [0.25, 0.3) is 5.91 Å². The monoisotopic (exact) mass is 375 g/mol. The molecule has 1 aliphatic rings. The molecule has 3 N–H and O–H groups in total. The summed E-state index contributed by atoms with van der Waals surface area (Å²) in [7, 11) is 0. The van der Waals surface area contributed by atoms with E-state index < -0.39 is 24.0 Å². The largest absolute Gasteiger partial charge is 0.451 e. The van der Waals surface area contributed by atoms with Gasteiger partial charge in [-0.3, -0.25) is 14.9 Å². The maximum atomic E-state index is 12.0. The number of amides is 3. The normalized spacial score (nSPS) is 16.6. The van der Waals surface area contributed by atoms with Crippen LogP contribution in [0, 0.1) is 11.8 Å². The fourth-order valence-corrected chi connectivity index (χ4v) is 3.30. The number of rotatable bonds is 5. The van der Waals surface area contributed by atoms with E-state index in [0.717, 1.165) is 25.9 Å². The number of nitrogens with zero attached hydrogens (tertiary/aromatic N) is 1. The van der Waals surface area contributed by atoms with Gasteiger partial charge in [0.1, 0.15) is 4.32 Å². The van der Waals surface area contributed by atoms with Crippen LogP contribution < -0.4 is 11.1 Å². The SMILES string of the molecule is CC1CCN(C(=S)SCC(=O)O[C@@H](C(=O)NC(N)=O)C(C)C)CC1. The van der Waals surface area contributed by atoms with E-state index in [-0.39, 0.29) is 11.7 Å². The van der Waals surface area contributed by atoms with Gasteiger partial charge in [-0.25, -0.2) is 4.79 Å². The molecule has 24 heavy (non-hydrogen) atoms. The molecular weight excluding hydrogens is 350 g/mol. The number of nitrogens with one attached hydrogen (secondary N) is 1. The highest BCUT2D eigenvalue weighted by Crippen LogP contribution is 2.20. The second kappa shape index (κ2) is 9.83. The summed E-state index contributed by atoms with van der Waals surface area (Å²) >= 11 is 6.58. The number of thioether (sulfide) groups is 1. The molecule has 0 spiro atoms. The van der Waals surface area contributed by atoms with Gasteiger partial charge in [0, 0.05) is 13.1 Å². The molecule has 3 amide bonds. The number of hydrogen-bond donors (Lipinski definition) is 2. The van der Waals surface area contributed by atoms with Crippen LogP contribution in [0.15, 0.2) is 0 Å². The number of esters is 1. The first kappa shape index (κ1) is 20.7. The maximum absolute atomic E-state index is 12.0. The van der Waals surface area contributed by atoms with Gasteiger partial charge in [-0.1, -0.05) is 44.8 Å². The van der Waals surface area contributed by atoms with Crippen molar-refractivity contribution >= 4 is 46.2 Å². The van der Waals surface area contributed by atoms with Crippen LogP contribution in [0.5, 0.6) is 0 Å². The highest BCUT2D eigenvalue weighted by molar-refractivity contribution is 8.23. The highest BCUT2D eigenvalue weighted by Gasteiger charge is 2.28. The predicted octanol–water partition coefficient (Wildman–Crippen LogP) is 1.50. The van der Waals surface area contributed by atoms with Gasteiger partial charge in [0.05, 0.1) is 5.75 Å². The number of imide groups is 1. The molecule has 1 fully saturated rings. The Morgan fingerprint density at radius 1 is 1.33 bits per heavy atom. The van der Waals surface area contributed by atoms with Crippen molar-refractivity contribution in [3.05, 3.63) is 0 Å². The standard InChI is InChI=1S/C15H25N3O4S2/c1-9(2)12(13(20)17-14(16)21)22-11(19)8-24-15(23)18-6-4-10(3)5-7-18/h9-10,12H,4-8H2,1-3H3,(H3,16,17,20,21)/t12-/m1/s1. The lowest BCUT2D eigenvalue weighted by Crippen LogP contribution is -2.45. The maximum Gasteiger partial charge on any atom is 0.318 e. The lowest BCUT2D eigenvalue weighted by molar-refractivity contribution is -0.155. The Morgan fingerprint density at radius 3 is 2.42 bits per heavy atom. The molecule has 136 valence electrons. The third kappa shape index (κ3) is 7.04. The van der Waals surface area contributed by atoms with Gasteiger partial charge in [0.2, 0.25) is 0 Å². The third-order valence-electron chi connectivity index (χ3n) is 3.72. The first-order valence-corrected chi connectivity index (χ1v) is 9.31. The molecule has 0 saturated carbocycles. The van der Waals surface area contributed by atoms with Crippen molar-refractivity contribution in [2.24, 2.45) is 17.6 Å². The predicted molar refractivity (Wildman–Crippen MR) is 97.5 cm³/mol. The molecule has 0 unspecified atom stereocenters. The van der Waals surface area contributed by atoms with Crippen molar-refractivity contribution in [2.45, 2.75) is 39.7 Å². The van der Waals surface area contributed by atoms with Crippen LogP contribution in [-0.2, 0) is 14.3 Å². The summed E-state index contributed by atoms with van der Waals surface area (Å²) in [5, 5.41) is 1.93. The first-order valence-electron chi connectivity index (χ1n) is 7.92. The number of carbonyl (C=O) groups is 3. The van der Waals surface area contributed by atoms with Gasteiger partial charge < -0.3 is 15.4 Å². The van der Waals surface area contributed by atoms with Crippen molar-refractivity contribution in [2.75, 3.05) is 18.8 Å². The Labute approximate surface area is 152 Å². The van der Waals surface area contributed by atoms with Gasteiger partial charge in [-0.05, 0) is 24.7 Å². The average molecular weight is 376 g/mol. The van der Waals surface area contributed by atoms with E-state index in [2.05, 4.69) is 11.8 Å². The van der Waals surface area contributed by atoms with E-state index in [1.165, 1.54) is 11.8 Å². The van der Waals surface area contributed by atoms with Crippen molar-refractivity contribution in [3.8, 4) is 0 Å². The molecule has 1 atom stereocenters. The van der Waals surface area contributed by atoms with E-state index in [1.54, 1.807) is 13.8 Å². The van der Waals surface area contributed by atoms with Crippen LogP contribution in [0.4, 0.5) is 4.79 Å². The van der Waals surface area contributed by atoms with Crippen molar-refractivity contribution in [1.29, 1.82) is 0 Å². The molecule has 1 saturated heterocycles. The summed E-state index contributed by atoms with van der Waals surface area (Å²) in [6.45, 7) is 7.44. The van der Waals surface area contributed by atoms with E-state index >= 15 is 0 Å². The summed E-state index contributed by atoms with van der Waals surface area (Å²) in [5.41, 5.74) is 4.91. The minimum atomic E-state index is -1.06. The molecule has 0 radical (unpaired) electrons. The number of nitrogens with two attached hydrogens (primary N) is 1. The van der Waals surface area contributed by atoms with Crippen LogP contribution in [0.2, 0.25) is 0 Å². The van der Waals surface area contributed by atoms with Crippen LogP contribution >= 0.6 is 24.0 Å². The number of thiocarbonyl (C=S) groups is 1. The Kier molecular flexibility index (Phi) is 8.47. The number of primary amides is 1. The Hall–Kier alpha value is -1.35. The Balaban J connectivity index is 2.44. The smallest absolute Gasteiger partial charge is 0.318 e. The molecule has 1 rings (SSSR count). The lowest BCUT2D eigenvalue weighted by Gasteiger charge is -2.31. The van der Waals surface area contributed by atoms with E-state index in [4.69, 9.17) is 22.7 Å². The molecule has 1 heterocycles. The fraction of sp³-hybridized carbons (Fsp3) is 0.733. The van der Waals surface area contributed by atoms with Crippen LogP contribution in [-0.4, -0.2) is 52.1 Å². The Morgan fingerprint density at radius 2 is 1.92 bits per heavy atom. The molecule has 1 aliphatic heterocycles. The molecule has 9 heteroatoms. The zero-order valence-electron chi connectivity index (χ0n) is 14.2. The van der Waals surface area contributed by atoms with Crippen molar-refractivity contribution in [3.63, 3.8) is 0 Å². The minimum absolute atomic E-state index is 0.0258. The molecule has 0 aliphatic carbocycles. The van der Waals surface area contributed by atoms with Crippen LogP contribution in [0.1, 0.15) is 33.6 Å². The summed E-state index contributed by atoms with van der Waals surface area (Å²) in [6.07, 6.45) is 1.12. The highest BCUT2D eigenvalue weighted by atomic mass is 32.2. The summed E-state index contributed by atoms with van der Waals surface area (Å²) in [6, 6.07) is -0.975. The third-order valence-corrected chi connectivity index (χ3v) is 5.22. The molecule has 7 nitrogen and oxygen atoms in total. The fourth-order valence-electron chi connectivity index (χ4n) is 2.26. The molecule has 0 aromatic carbocycles. The van der Waals surface area contributed by atoms with Gasteiger partial charge in [-0.15, -0.1) is 0 Å². The molecular formula is C15H25N3O4S2. The topological polar surface area (TPSA) is 102 Å². The molecule has 0 aromatic rings. The number of hydrogen-bond acceptors (Lipinski definition) is 6. The summed E-state index contributed by atoms with van der Waals surface area (Å²) in [5.74, 6) is -0.823. The van der Waals surface area contributed by atoms with Gasteiger partial charge >= 0.3 is 12.0 Å². The Bertz CT molecular complexity index is 491. The summed E-state index contributed by atoms with van der Waals surface area (Å²) in [4.78, 5) is 36.6. The van der Waals surface area contributed by atoms with Gasteiger partial charge in [0.15, 0.2) is 6.10 Å². The average Bonchev–Trinajstić information content (AvgIpc) is 2.49. The molecule has 0 aromatic heterocycles. The number of urea groups is 1. The van der Waals surface area contributed by atoms with Crippen LogP contribution in [0.3, 0.4) is 0 Å². The zero-order valence-corrected chi connectivity index (χ0v) is 15.9.